The minimum absolute atomic E-state index is 0. The van der Waals surface area contributed by atoms with Crippen molar-refractivity contribution in [2.75, 3.05) is 0 Å². The molecule has 6 nitrogen and oxygen atoms in total. The van der Waals surface area contributed by atoms with Crippen LogP contribution in [0.15, 0.2) is 0 Å². The van der Waals surface area contributed by atoms with E-state index in [1.807, 2.05) is 6.92 Å². The van der Waals surface area contributed by atoms with E-state index in [0.717, 1.165) is 32.1 Å². The normalized spacial score (nSPS) is 11.0. The van der Waals surface area contributed by atoms with E-state index in [2.05, 4.69) is 6.92 Å². The van der Waals surface area contributed by atoms with Gasteiger partial charge in [-0.1, -0.05) is 58.8 Å². The highest BCUT2D eigenvalue weighted by molar-refractivity contribution is 5.77. The van der Waals surface area contributed by atoms with Crippen molar-refractivity contribution in [1.29, 1.82) is 0 Å². The standard InChI is InChI=1S/C16H30O4.H3N.H2O/c1-3-5-7-8-9-10-11-13-15(17)20-14(16(18)19)12-6-4-2;;/h14H,3-13H2,1-2H3,(H,18,19);1H3;1H2. The minimum atomic E-state index is -1.04. The first kappa shape index (κ1) is 25.8. The molecule has 0 saturated heterocycles. The van der Waals surface area contributed by atoms with E-state index in [4.69, 9.17) is 9.84 Å². The zero-order valence-electron chi connectivity index (χ0n) is 14.2. The van der Waals surface area contributed by atoms with E-state index in [0.29, 0.717) is 12.8 Å². The van der Waals surface area contributed by atoms with Crippen molar-refractivity contribution in [3.8, 4) is 0 Å². The number of hydrogen-bond acceptors (Lipinski definition) is 4. The van der Waals surface area contributed by atoms with Gasteiger partial charge >= 0.3 is 11.9 Å². The van der Waals surface area contributed by atoms with Crippen molar-refractivity contribution in [2.24, 2.45) is 0 Å². The maximum absolute atomic E-state index is 11.6. The van der Waals surface area contributed by atoms with Gasteiger partial charge in [0.25, 0.3) is 0 Å². The molecule has 22 heavy (non-hydrogen) atoms. The highest BCUT2D eigenvalue weighted by Gasteiger charge is 2.20. The molecule has 0 aliphatic carbocycles. The van der Waals surface area contributed by atoms with Crippen LogP contribution in [0, 0.1) is 0 Å². The summed E-state index contributed by atoms with van der Waals surface area (Å²) in [5.41, 5.74) is 0. The summed E-state index contributed by atoms with van der Waals surface area (Å²) >= 11 is 0. The molecule has 0 saturated carbocycles. The average Bonchev–Trinajstić information content (AvgIpc) is 2.42. The highest BCUT2D eigenvalue weighted by Crippen LogP contribution is 2.11. The molecule has 1 unspecified atom stereocenters. The Kier molecular flexibility index (Phi) is 21.0. The minimum Gasteiger partial charge on any atom is -0.479 e. The number of carboxylic acid groups (broad SMARTS) is 1. The summed E-state index contributed by atoms with van der Waals surface area (Å²) in [6.07, 6.45) is 9.41. The van der Waals surface area contributed by atoms with Gasteiger partial charge < -0.3 is 21.5 Å². The Morgan fingerprint density at radius 3 is 1.91 bits per heavy atom. The fraction of sp³-hybridized carbons (Fsp3) is 0.875. The average molecular weight is 321 g/mol. The second-order valence-corrected chi connectivity index (χ2v) is 5.33. The Labute approximate surface area is 134 Å². The van der Waals surface area contributed by atoms with Gasteiger partial charge in [-0.05, 0) is 19.3 Å². The van der Waals surface area contributed by atoms with Crippen molar-refractivity contribution >= 4 is 11.9 Å². The van der Waals surface area contributed by atoms with Gasteiger partial charge in [0.05, 0.1) is 0 Å². The molecule has 0 fully saturated rings. The Balaban J connectivity index is -0.00000180. The van der Waals surface area contributed by atoms with E-state index < -0.39 is 12.1 Å². The largest absolute Gasteiger partial charge is 0.479 e. The van der Waals surface area contributed by atoms with Gasteiger partial charge in [-0.25, -0.2) is 4.79 Å². The zero-order valence-corrected chi connectivity index (χ0v) is 14.2. The van der Waals surface area contributed by atoms with Crippen molar-refractivity contribution in [1.82, 2.24) is 6.15 Å². The van der Waals surface area contributed by atoms with Crippen LogP contribution in [0.4, 0.5) is 0 Å². The SMILES string of the molecule is CCCCCCCCCC(=O)OC(CCCC)C(=O)O.N.O. The summed E-state index contributed by atoms with van der Waals surface area (Å²) in [7, 11) is 0. The van der Waals surface area contributed by atoms with Crippen LogP contribution < -0.4 is 6.15 Å². The predicted octanol–water partition coefficient (Wildman–Crippen LogP) is 3.65. The second kappa shape index (κ2) is 17.9. The lowest BCUT2D eigenvalue weighted by atomic mass is 10.1. The molecular weight excluding hydrogens is 286 g/mol. The lowest BCUT2D eigenvalue weighted by molar-refractivity contribution is -0.164. The van der Waals surface area contributed by atoms with Gasteiger partial charge in [-0.3, -0.25) is 4.79 Å². The summed E-state index contributed by atoms with van der Waals surface area (Å²) in [5, 5.41) is 8.96. The lowest BCUT2D eigenvalue weighted by Crippen LogP contribution is -2.26. The van der Waals surface area contributed by atoms with Crippen LogP contribution in [0.3, 0.4) is 0 Å². The number of carboxylic acids is 1. The molecular formula is C16H35NO5. The maximum atomic E-state index is 11.6. The number of aliphatic carboxylic acids is 1. The van der Waals surface area contributed by atoms with Crippen molar-refractivity contribution in [3.05, 3.63) is 0 Å². The van der Waals surface area contributed by atoms with E-state index in [9.17, 15) is 9.59 Å². The Bertz CT molecular complexity index is 271. The molecule has 0 heterocycles. The highest BCUT2D eigenvalue weighted by atomic mass is 16.6. The third kappa shape index (κ3) is 15.3. The Hall–Kier alpha value is -1.14. The fourth-order valence-corrected chi connectivity index (χ4v) is 2.07. The molecule has 0 aromatic carbocycles. The smallest absolute Gasteiger partial charge is 0.345 e. The number of esters is 1. The van der Waals surface area contributed by atoms with Gasteiger partial charge in [0.1, 0.15) is 0 Å². The molecule has 0 aliphatic heterocycles. The van der Waals surface area contributed by atoms with Crippen molar-refractivity contribution < 1.29 is 24.9 Å². The van der Waals surface area contributed by atoms with Crippen molar-refractivity contribution in [2.45, 2.75) is 90.6 Å². The number of hydrogen-bond donors (Lipinski definition) is 2. The maximum Gasteiger partial charge on any atom is 0.345 e. The van der Waals surface area contributed by atoms with E-state index in [-0.39, 0.29) is 17.6 Å². The van der Waals surface area contributed by atoms with Crippen LogP contribution in [0.5, 0.6) is 0 Å². The quantitative estimate of drug-likeness (QED) is 0.395. The fourth-order valence-electron chi connectivity index (χ4n) is 2.07. The molecule has 0 aromatic heterocycles. The first-order valence-electron chi connectivity index (χ1n) is 8.04. The van der Waals surface area contributed by atoms with E-state index >= 15 is 0 Å². The lowest BCUT2D eigenvalue weighted by Gasteiger charge is -2.13. The van der Waals surface area contributed by atoms with Crippen LogP contribution in [-0.4, -0.2) is 28.6 Å². The van der Waals surface area contributed by atoms with Crippen LogP contribution in [0.2, 0.25) is 0 Å². The molecule has 0 amide bonds. The third-order valence-electron chi connectivity index (χ3n) is 3.35. The molecule has 1 atom stereocenters. The summed E-state index contributed by atoms with van der Waals surface area (Å²) in [6.45, 7) is 4.17. The van der Waals surface area contributed by atoms with Crippen LogP contribution >= 0.6 is 0 Å². The zero-order chi connectivity index (χ0) is 15.2. The first-order valence-corrected chi connectivity index (χ1v) is 8.04. The summed E-state index contributed by atoms with van der Waals surface area (Å²) in [4.78, 5) is 22.5. The monoisotopic (exact) mass is 321 g/mol. The molecule has 0 bridgehead atoms. The van der Waals surface area contributed by atoms with Crippen LogP contribution in [-0.2, 0) is 14.3 Å². The van der Waals surface area contributed by atoms with Gasteiger partial charge in [-0.2, -0.15) is 0 Å². The molecule has 0 aliphatic rings. The van der Waals surface area contributed by atoms with Crippen LogP contribution in [0.1, 0.15) is 84.5 Å². The molecule has 6 N–H and O–H groups in total. The third-order valence-corrected chi connectivity index (χ3v) is 3.35. The van der Waals surface area contributed by atoms with Gasteiger partial charge in [0.15, 0.2) is 6.10 Å². The van der Waals surface area contributed by atoms with Crippen LogP contribution in [0.25, 0.3) is 0 Å². The molecule has 0 aromatic rings. The van der Waals surface area contributed by atoms with Gasteiger partial charge in [-0.15, -0.1) is 0 Å². The van der Waals surface area contributed by atoms with Crippen molar-refractivity contribution in [3.63, 3.8) is 0 Å². The van der Waals surface area contributed by atoms with Gasteiger partial charge in [0.2, 0.25) is 0 Å². The summed E-state index contributed by atoms with van der Waals surface area (Å²) in [5.74, 6) is -1.41. The van der Waals surface area contributed by atoms with Gasteiger partial charge in [0, 0.05) is 6.42 Å². The van der Waals surface area contributed by atoms with E-state index in [1.54, 1.807) is 0 Å². The Morgan fingerprint density at radius 2 is 1.41 bits per heavy atom. The second-order valence-electron chi connectivity index (χ2n) is 5.33. The molecule has 0 spiro atoms. The number of carbonyl (C=O) groups is 2. The molecule has 6 heteroatoms. The molecule has 134 valence electrons. The summed E-state index contributed by atoms with van der Waals surface area (Å²) < 4.78 is 5.02. The number of carbonyl (C=O) groups excluding carboxylic acids is 1. The number of rotatable bonds is 13. The first-order chi connectivity index (χ1) is 9.61. The number of unbranched alkanes of at least 4 members (excludes halogenated alkanes) is 7. The topological polar surface area (TPSA) is 130 Å². The number of ether oxygens (including phenoxy) is 1. The molecule has 0 radical (unpaired) electrons. The predicted molar refractivity (Wildman–Crippen MR) is 88.3 cm³/mol. The van der Waals surface area contributed by atoms with E-state index in [1.165, 1.54) is 25.7 Å². The molecule has 0 rings (SSSR count). The summed E-state index contributed by atoms with van der Waals surface area (Å²) in [6, 6.07) is 0. The Morgan fingerprint density at radius 1 is 0.909 bits per heavy atom.